The van der Waals surface area contributed by atoms with E-state index < -0.39 is 0 Å². The van der Waals surface area contributed by atoms with E-state index in [4.69, 9.17) is 0 Å². The van der Waals surface area contributed by atoms with Crippen LogP contribution in [0.15, 0.2) is 12.7 Å². The number of hydrogen-bond acceptors (Lipinski definition) is 1. The summed E-state index contributed by atoms with van der Waals surface area (Å²) in [6, 6.07) is 0. The van der Waals surface area contributed by atoms with Gasteiger partial charge in [0.2, 0.25) is 0 Å². The summed E-state index contributed by atoms with van der Waals surface area (Å²) in [7, 11) is 0. The van der Waals surface area contributed by atoms with E-state index >= 15 is 0 Å². The largest absolute Gasteiger partial charge is 0.295 e. The first kappa shape index (κ1) is 6.53. The molecule has 0 atom stereocenters. The van der Waals surface area contributed by atoms with Crippen molar-refractivity contribution < 1.29 is 4.79 Å². The fourth-order valence-electron chi connectivity index (χ4n) is 1.06. The molecule has 0 aromatic carbocycles. The Morgan fingerprint density at radius 1 is 1.67 bits per heavy atom. The lowest BCUT2D eigenvalue weighted by atomic mass is 9.82. The van der Waals surface area contributed by atoms with Crippen LogP contribution in [-0.2, 0) is 4.79 Å². The lowest BCUT2D eigenvalue weighted by Crippen LogP contribution is -2.14. The van der Waals surface area contributed by atoms with Crippen LogP contribution in [-0.4, -0.2) is 5.78 Å². The van der Waals surface area contributed by atoms with Crippen molar-refractivity contribution in [2.45, 2.75) is 25.7 Å². The molecule has 50 valence electrons. The molecular formula is C8H12O. The van der Waals surface area contributed by atoms with E-state index in [2.05, 4.69) is 6.58 Å². The average Bonchev–Trinajstić information content (AvgIpc) is 1.78. The van der Waals surface area contributed by atoms with Gasteiger partial charge in [0.1, 0.15) is 0 Å². The molecule has 0 saturated heterocycles. The molecule has 0 heterocycles. The van der Waals surface area contributed by atoms with Gasteiger partial charge in [0.25, 0.3) is 0 Å². The lowest BCUT2D eigenvalue weighted by molar-refractivity contribution is -0.116. The Hall–Kier alpha value is -0.590. The van der Waals surface area contributed by atoms with Crippen LogP contribution in [0.5, 0.6) is 0 Å². The minimum atomic E-state index is 0.208. The number of carbonyl (C=O) groups is 1. The Balaban J connectivity index is 2.16. The second-order valence-corrected chi connectivity index (χ2v) is 2.67. The summed E-state index contributed by atoms with van der Waals surface area (Å²) >= 11 is 0. The van der Waals surface area contributed by atoms with E-state index in [1.54, 1.807) is 0 Å². The summed E-state index contributed by atoms with van der Waals surface area (Å²) < 4.78 is 0. The summed E-state index contributed by atoms with van der Waals surface area (Å²) in [5.74, 6) is 0.898. The fourth-order valence-corrected chi connectivity index (χ4v) is 1.06. The standard InChI is InChI=1S/C8H12O/c1-2-8(9)6-7-4-3-5-7/h2,7H,1,3-6H2. The van der Waals surface area contributed by atoms with Crippen LogP contribution in [0, 0.1) is 5.92 Å². The van der Waals surface area contributed by atoms with Crippen LogP contribution in [0.1, 0.15) is 25.7 Å². The Morgan fingerprint density at radius 3 is 2.67 bits per heavy atom. The van der Waals surface area contributed by atoms with Gasteiger partial charge in [-0.05, 0) is 12.0 Å². The molecule has 1 rings (SSSR count). The highest BCUT2D eigenvalue weighted by molar-refractivity contribution is 5.89. The van der Waals surface area contributed by atoms with E-state index in [0.29, 0.717) is 5.92 Å². The SMILES string of the molecule is C=CC(=O)CC1CCC1. The van der Waals surface area contributed by atoms with Gasteiger partial charge >= 0.3 is 0 Å². The summed E-state index contributed by atoms with van der Waals surface area (Å²) in [6.07, 6.45) is 5.98. The van der Waals surface area contributed by atoms with Gasteiger partial charge in [-0.2, -0.15) is 0 Å². The van der Waals surface area contributed by atoms with Crippen molar-refractivity contribution in [1.82, 2.24) is 0 Å². The molecule has 0 aromatic rings. The quantitative estimate of drug-likeness (QED) is 0.525. The molecule has 1 aliphatic rings. The van der Waals surface area contributed by atoms with Gasteiger partial charge in [-0.3, -0.25) is 4.79 Å². The van der Waals surface area contributed by atoms with Crippen LogP contribution in [0.3, 0.4) is 0 Å². The van der Waals surface area contributed by atoms with Crippen LogP contribution in [0.4, 0.5) is 0 Å². The van der Waals surface area contributed by atoms with Gasteiger partial charge in [0.15, 0.2) is 5.78 Å². The van der Waals surface area contributed by atoms with Gasteiger partial charge in [-0.25, -0.2) is 0 Å². The molecule has 1 aliphatic carbocycles. The fraction of sp³-hybridized carbons (Fsp3) is 0.625. The molecule has 1 saturated carbocycles. The zero-order chi connectivity index (χ0) is 6.69. The minimum absolute atomic E-state index is 0.208. The van der Waals surface area contributed by atoms with E-state index in [-0.39, 0.29) is 5.78 Å². The second-order valence-electron chi connectivity index (χ2n) is 2.67. The molecule has 0 N–H and O–H groups in total. The van der Waals surface area contributed by atoms with Crippen molar-refractivity contribution in [2.24, 2.45) is 5.92 Å². The Morgan fingerprint density at radius 2 is 2.33 bits per heavy atom. The van der Waals surface area contributed by atoms with E-state index in [0.717, 1.165) is 6.42 Å². The Kier molecular flexibility index (Phi) is 2.04. The number of rotatable bonds is 3. The normalized spacial score (nSPS) is 18.7. The number of ketones is 1. The lowest BCUT2D eigenvalue weighted by Gasteiger charge is -2.23. The summed E-state index contributed by atoms with van der Waals surface area (Å²) in [4.78, 5) is 10.7. The van der Waals surface area contributed by atoms with E-state index in [9.17, 15) is 4.79 Å². The van der Waals surface area contributed by atoms with Gasteiger partial charge < -0.3 is 0 Å². The van der Waals surface area contributed by atoms with Gasteiger partial charge in [0.05, 0.1) is 0 Å². The molecule has 1 fully saturated rings. The molecule has 0 aliphatic heterocycles. The van der Waals surface area contributed by atoms with Crippen molar-refractivity contribution in [1.29, 1.82) is 0 Å². The smallest absolute Gasteiger partial charge is 0.155 e. The third-order valence-corrected chi connectivity index (χ3v) is 1.94. The highest BCUT2D eigenvalue weighted by atomic mass is 16.1. The van der Waals surface area contributed by atoms with E-state index in [1.165, 1.54) is 25.3 Å². The monoisotopic (exact) mass is 124 g/mol. The molecule has 9 heavy (non-hydrogen) atoms. The Labute approximate surface area is 55.8 Å². The summed E-state index contributed by atoms with van der Waals surface area (Å²) in [5.41, 5.74) is 0. The zero-order valence-electron chi connectivity index (χ0n) is 5.60. The van der Waals surface area contributed by atoms with Gasteiger partial charge in [-0.15, -0.1) is 0 Å². The molecule has 0 amide bonds. The summed E-state index contributed by atoms with van der Waals surface area (Å²) in [6.45, 7) is 3.42. The first-order chi connectivity index (χ1) is 4.33. The maximum Gasteiger partial charge on any atom is 0.155 e. The molecular weight excluding hydrogens is 112 g/mol. The maximum absolute atomic E-state index is 10.7. The molecule has 0 radical (unpaired) electrons. The summed E-state index contributed by atoms with van der Waals surface area (Å²) in [5, 5.41) is 0. The maximum atomic E-state index is 10.7. The molecule has 1 nitrogen and oxygen atoms in total. The number of carbonyl (C=O) groups excluding carboxylic acids is 1. The van der Waals surface area contributed by atoms with Crippen molar-refractivity contribution >= 4 is 5.78 Å². The van der Waals surface area contributed by atoms with Crippen LogP contribution in [0.2, 0.25) is 0 Å². The molecule has 1 heteroatoms. The van der Waals surface area contributed by atoms with Crippen molar-refractivity contribution in [2.75, 3.05) is 0 Å². The minimum Gasteiger partial charge on any atom is -0.295 e. The van der Waals surface area contributed by atoms with Crippen molar-refractivity contribution in [3.05, 3.63) is 12.7 Å². The average molecular weight is 124 g/mol. The number of allylic oxidation sites excluding steroid dienone is 1. The van der Waals surface area contributed by atoms with Crippen LogP contribution >= 0.6 is 0 Å². The molecule has 0 bridgehead atoms. The predicted octanol–water partition coefficient (Wildman–Crippen LogP) is 1.93. The van der Waals surface area contributed by atoms with Gasteiger partial charge in [-0.1, -0.05) is 25.8 Å². The van der Waals surface area contributed by atoms with Gasteiger partial charge in [0, 0.05) is 6.42 Å². The van der Waals surface area contributed by atoms with Crippen molar-refractivity contribution in [3.63, 3.8) is 0 Å². The topological polar surface area (TPSA) is 17.1 Å². The predicted molar refractivity (Wildman–Crippen MR) is 37.2 cm³/mol. The zero-order valence-corrected chi connectivity index (χ0v) is 5.60. The van der Waals surface area contributed by atoms with E-state index in [1.807, 2.05) is 0 Å². The first-order valence-corrected chi connectivity index (χ1v) is 3.48. The highest BCUT2D eigenvalue weighted by Gasteiger charge is 2.18. The molecule has 0 unspecified atom stereocenters. The molecule has 0 aromatic heterocycles. The second kappa shape index (κ2) is 2.81. The number of hydrogen-bond donors (Lipinski definition) is 0. The van der Waals surface area contributed by atoms with Crippen LogP contribution in [0.25, 0.3) is 0 Å². The van der Waals surface area contributed by atoms with Crippen molar-refractivity contribution in [3.8, 4) is 0 Å². The first-order valence-electron chi connectivity index (χ1n) is 3.48. The third-order valence-electron chi connectivity index (χ3n) is 1.94. The van der Waals surface area contributed by atoms with Crippen LogP contribution < -0.4 is 0 Å². The molecule has 0 spiro atoms. The Bertz CT molecular complexity index is 123. The highest BCUT2D eigenvalue weighted by Crippen LogP contribution is 2.29. The third kappa shape index (κ3) is 1.67.